The van der Waals surface area contributed by atoms with Gasteiger partial charge in [0, 0.05) is 44.3 Å². The molecule has 24 heavy (non-hydrogen) atoms. The van der Waals surface area contributed by atoms with E-state index in [0.717, 1.165) is 56.6 Å². The van der Waals surface area contributed by atoms with Gasteiger partial charge in [-0.15, -0.1) is 0 Å². The Balaban J connectivity index is 1.36. The number of pyridine rings is 1. The first-order valence-electron chi connectivity index (χ1n) is 8.46. The number of hydrogen-bond acceptors (Lipinski definition) is 3. The van der Waals surface area contributed by atoms with Gasteiger partial charge in [-0.25, -0.2) is 9.78 Å². The zero-order valence-electron chi connectivity index (χ0n) is 13.5. The first-order chi connectivity index (χ1) is 11.7. The molecule has 0 bridgehead atoms. The first-order valence-corrected chi connectivity index (χ1v) is 8.46. The van der Waals surface area contributed by atoms with Gasteiger partial charge in [-0.2, -0.15) is 0 Å². The summed E-state index contributed by atoms with van der Waals surface area (Å²) in [4.78, 5) is 35.4. The molecule has 2 saturated heterocycles. The number of piperidine rings is 1. The first kappa shape index (κ1) is 15.0. The number of likely N-dealkylation sites (tertiary alicyclic amines) is 1. The van der Waals surface area contributed by atoms with Gasteiger partial charge >= 0.3 is 6.03 Å². The zero-order valence-corrected chi connectivity index (χ0v) is 13.5. The van der Waals surface area contributed by atoms with Crippen LogP contribution in [0.2, 0.25) is 0 Å². The number of H-pyrrole nitrogens is 1. The van der Waals surface area contributed by atoms with E-state index in [1.54, 1.807) is 6.20 Å². The lowest BCUT2D eigenvalue weighted by Crippen LogP contribution is -2.42. The molecule has 0 saturated carbocycles. The number of aromatic amines is 1. The van der Waals surface area contributed by atoms with E-state index in [2.05, 4.69) is 15.3 Å². The van der Waals surface area contributed by atoms with Crippen LogP contribution in [0, 0.1) is 5.92 Å². The van der Waals surface area contributed by atoms with Crippen LogP contribution in [0.3, 0.4) is 0 Å². The molecule has 0 unspecified atom stereocenters. The summed E-state index contributed by atoms with van der Waals surface area (Å²) in [6.45, 7) is 3.80. The number of aromatic nitrogens is 2. The molecule has 0 atom stereocenters. The van der Waals surface area contributed by atoms with Gasteiger partial charge in [-0.1, -0.05) is 0 Å². The number of hydrogen-bond donors (Lipinski definition) is 2. The number of nitrogens with zero attached hydrogens (tertiary/aromatic N) is 3. The fraction of sp³-hybridized carbons (Fsp3) is 0.471. The average Bonchev–Trinajstić information content (AvgIpc) is 3.21. The highest BCUT2D eigenvalue weighted by Crippen LogP contribution is 2.21. The van der Waals surface area contributed by atoms with Crippen molar-refractivity contribution in [1.29, 1.82) is 0 Å². The maximum Gasteiger partial charge on any atom is 0.317 e. The van der Waals surface area contributed by atoms with Gasteiger partial charge in [0.1, 0.15) is 11.3 Å². The largest absolute Gasteiger partial charge is 0.337 e. The van der Waals surface area contributed by atoms with Crippen LogP contribution in [0.4, 0.5) is 4.79 Å². The smallest absolute Gasteiger partial charge is 0.317 e. The molecular formula is C17H21N5O2. The quantitative estimate of drug-likeness (QED) is 0.895. The second kappa shape index (κ2) is 6.14. The third-order valence-electron chi connectivity index (χ3n) is 4.95. The summed E-state index contributed by atoms with van der Waals surface area (Å²) >= 11 is 0. The predicted octanol–water partition coefficient (Wildman–Crippen LogP) is 1.44. The fourth-order valence-corrected chi connectivity index (χ4v) is 3.56. The van der Waals surface area contributed by atoms with E-state index in [0.29, 0.717) is 11.6 Å². The maximum atomic E-state index is 12.7. The number of fused-ring (bicyclic) bond motifs is 1. The van der Waals surface area contributed by atoms with Gasteiger partial charge in [-0.3, -0.25) is 4.79 Å². The van der Waals surface area contributed by atoms with Gasteiger partial charge < -0.3 is 20.1 Å². The van der Waals surface area contributed by atoms with E-state index in [-0.39, 0.29) is 11.9 Å². The third-order valence-corrected chi connectivity index (χ3v) is 4.95. The summed E-state index contributed by atoms with van der Waals surface area (Å²) in [5, 5.41) is 3.79. The van der Waals surface area contributed by atoms with E-state index in [1.165, 1.54) is 0 Å². The van der Waals surface area contributed by atoms with E-state index >= 15 is 0 Å². The van der Waals surface area contributed by atoms with Crippen LogP contribution < -0.4 is 5.32 Å². The second-order valence-corrected chi connectivity index (χ2v) is 6.54. The van der Waals surface area contributed by atoms with Crippen molar-refractivity contribution >= 4 is 23.0 Å². The molecule has 0 aromatic carbocycles. The molecule has 126 valence electrons. The summed E-state index contributed by atoms with van der Waals surface area (Å²) in [6, 6.07) is 5.72. The van der Waals surface area contributed by atoms with Crippen molar-refractivity contribution in [2.75, 3.05) is 32.7 Å². The Hall–Kier alpha value is -2.57. The minimum atomic E-state index is 0.0327. The van der Waals surface area contributed by atoms with Crippen molar-refractivity contribution in [1.82, 2.24) is 25.1 Å². The highest BCUT2D eigenvalue weighted by atomic mass is 16.2. The van der Waals surface area contributed by atoms with Crippen molar-refractivity contribution in [3.05, 3.63) is 30.1 Å². The Morgan fingerprint density at radius 2 is 2.12 bits per heavy atom. The summed E-state index contributed by atoms with van der Waals surface area (Å²) in [7, 11) is 0. The normalized spacial score (nSPS) is 19.1. The Labute approximate surface area is 140 Å². The summed E-state index contributed by atoms with van der Waals surface area (Å²) in [5.41, 5.74) is 1.34. The average molecular weight is 327 g/mol. The Morgan fingerprint density at radius 1 is 1.29 bits per heavy atom. The molecule has 7 heteroatoms. The molecule has 2 aliphatic heterocycles. The van der Waals surface area contributed by atoms with Crippen LogP contribution in [0.1, 0.15) is 23.3 Å². The number of urea groups is 1. The maximum absolute atomic E-state index is 12.7. The van der Waals surface area contributed by atoms with Crippen molar-refractivity contribution in [3.63, 3.8) is 0 Å². The van der Waals surface area contributed by atoms with E-state index in [1.807, 2.05) is 28.0 Å². The van der Waals surface area contributed by atoms with E-state index in [9.17, 15) is 9.59 Å². The Bertz CT molecular complexity index is 730. The standard InChI is InChI=1S/C17H21N5O2/c23-16(14-10-13-2-1-5-18-15(13)20-14)21-7-3-12(4-8-21)11-22-9-6-19-17(22)24/h1-2,5,10,12H,3-4,6-9,11H2,(H,18,20)(H,19,24). The molecule has 2 N–H and O–H groups in total. The lowest BCUT2D eigenvalue weighted by Gasteiger charge is -2.33. The molecule has 2 fully saturated rings. The highest BCUT2D eigenvalue weighted by Gasteiger charge is 2.28. The molecule has 2 aromatic rings. The van der Waals surface area contributed by atoms with E-state index < -0.39 is 0 Å². The van der Waals surface area contributed by atoms with Crippen LogP contribution in [0.25, 0.3) is 11.0 Å². The van der Waals surface area contributed by atoms with Crippen LogP contribution in [-0.4, -0.2) is 64.4 Å². The van der Waals surface area contributed by atoms with Gasteiger partial charge in [0.25, 0.3) is 5.91 Å². The number of carbonyl (C=O) groups excluding carboxylic acids is 2. The Morgan fingerprint density at radius 3 is 2.83 bits per heavy atom. The van der Waals surface area contributed by atoms with Crippen molar-refractivity contribution < 1.29 is 9.59 Å². The van der Waals surface area contributed by atoms with Gasteiger partial charge in [-0.05, 0) is 37.0 Å². The summed E-state index contributed by atoms with van der Waals surface area (Å²) < 4.78 is 0. The van der Waals surface area contributed by atoms with Crippen LogP contribution in [0.5, 0.6) is 0 Å². The molecule has 0 radical (unpaired) electrons. The van der Waals surface area contributed by atoms with Gasteiger partial charge in [0.05, 0.1) is 0 Å². The summed E-state index contributed by atoms with van der Waals surface area (Å²) in [5.74, 6) is 0.507. The number of nitrogens with one attached hydrogen (secondary N) is 2. The molecule has 3 amide bonds. The minimum absolute atomic E-state index is 0.0327. The topological polar surface area (TPSA) is 81.3 Å². The predicted molar refractivity (Wildman–Crippen MR) is 89.7 cm³/mol. The molecule has 4 rings (SSSR count). The fourth-order valence-electron chi connectivity index (χ4n) is 3.56. The molecule has 2 aliphatic rings. The molecule has 0 aliphatic carbocycles. The zero-order chi connectivity index (χ0) is 16.5. The summed E-state index contributed by atoms with van der Waals surface area (Å²) in [6.07, 6.45) is 3.59. The van der Waals surface area contributed by atoms with Crippen LogP contribution in [0.15, 0.2) is 24.4 Å². The minimum Gasteiger partial charge on any atom is -0.337 e. The number of carbonyl (C=O) groups is 2. The second-order valence-electron chi connectivity index (χ2n) is 6.54. The molecule has 4 heterocycles. The van der Waals surface area contributed by atoms with Gasteiger partial charge in [0.15, 0.2) is 0 Å². The lowest BCUT2D eigenvalue weighted by atomic mass is 9.96. The van der Waals surface area contributed by atoms with E-state index in [4.69, 9.17) is 0 Å². The Kier molecular flexibility index (Phi) is 3.84. The van der Waals surface area contributed by atoms with Crippen LogP contribution in [-0.2, 0) is 0 Å². The number of rotatable bonds is 3. The van der Waals surface area contributed by atoms with Crippen LogP contribution >= 0.6 is 0 Å². The monoisotopic (exact) mass is 327 g/mol. The van der Waals surface area contributed by atoms with Gasteiger partial charge in [0.2, 0.25) is 0 Å². The molecule has 2 aromatic heterocycles. The third kappa shape index (κ3) is 2.81. The highest BCUT2D eigenvalue weighted by molar-refractivity contribution is 5.97. The van der Waals surface area contributed by atoms with Crippen molar-refractivity contribution in [2.45, 2.75) is 12.8 Å². The molecular weight excluding hydrogens is 306 g/mol. The molecule has 0 spiro atoms. The number of amides is 3. The van der Waals surface area contributed by atoms with Crippen molar-refractivity contribution in [2.24, 2.45) is 5.92 Å². The SMILES string of the molecule is O=C1NCCN1CC1CCN(C(=O)c2cc3cccnc3[nH]2)CC1. The molecule has 7 nitrogen and oxygen atoms in total. The lowest BCUT2D eigenvalue weighted by molar-refractivity contribution is 0.0672. The van der Waals surface area contributed by atoms with Crippen molar-refractivity contribution in [3.8, 4) is 0 Å².